The average molecular weight is 262 g/mol. The highest BCUT2D eigenvalue weighted by Gasteiger charge is 2.43. The molecule has 0 aromatic heterocycles. The molecule has 2 aliphatic rings. The van der Waals surface area contributed by atoms with Gasteiger partial charge in [-0.05, 0) is 47.8 Å². The molecule has 0 heterocycles. The van der Waals surface area contributed by atoms with E-state index in [1.807, 2.05) is 0 Å². The van der Waals surface area contributed by atoms with Crippen LogP contribution in [0.5, 0.6) is 0 Å². The van der Waals surface area contributed by atoms with Crippen LogP contribution in [0.15, 0.2) is 22.8 Å². The Morgan fingerprint density at radius 1 is 1.16 bits per heavy atom. The van der Waals surface area contributed by atoms with Gasteiger partial charge in [0.05, 0.1) is 6.61 Å². The molecule has 104 valence electrons. The molecule has 0 aliphatic heterocycles. The van der Waals surface area contributed by atoms with Gasteiger partial charge in [-0.2, -0.15) is 0 Å². The number of carbonyl (C=O) groups excluding carboxylic acids is 2. The molecule has 4 atom stereocenters. The summed E-state index contributed by atoms with van der Waals surface area (Å²) in [5, 5.41) is 0. The summed E-state index contributed by atoms with van der Waals surface area (Å²) in [6.07, 6.45) is 1.64. The van der Waals surface area contributed by atoms with Gasteiger partial charge in [-0.15, -0.1) is 0 Å². The lowest BCUT2D eigenvalue weighted by molar-refractivity contribution is -0.139. The molecule has 19 heavy (non-hydrogen) atoms. The zero-order valence-corrected chi connectivity index (χ0v) is 12.3. The lowest BCUT2D eigenvalue weighted by Crippen LogP contribution is -2.32. The lowest BCUT2D eigenvalue weighted by Gasteiger charge is -2.40. The van der Waals surface area contributed by atoms with Crippen molar-refractivity contribution in [2.24, 2.45) is 23.7 Å². The smallest absolute Gasteiger partial charge is 0.342 e. The Hall–Kier alpha value is -1.38. The Kier molecular flexibility index (Phi) is 3.66. The summed E-state index contributed by atoms with van der Waals surface area (Å²) in [4.78, 5) is 24.1. The number of ketones is 1. The fourth-order valence-corrected chi connectivity index (χ4v) is 3.31. The highest BCUT2D eigenvalue weighted by molar-refractivity contribution is 6.25. The van der Waals surface area contributed by atoms with Crippen LogP contribution in [0.25, 0.3) is 0 Å². The van der Waals surface area contributed by atoms with Crippen molar-refractivity contribution >= 4 is 11.8 Å². The summed E-state index contributed by atoms with van der Waals surface area (Å²) >= 11 is 0. The monoisotopic (exact) mass is 262 g/mol. The summed E-state index contributed by atoms with van der Waals surface area (Å²) in [6.45, 7) is 10.7. The van der Waals surface area contributed by atoms with Gasteiger partial charge < -0.3 is 4.74 Å². The quantitative estimate of drug-likeness (QED) is 0.567. The molecule has 0 aromatic rings. The van der Waals surface area contributed by atoms with E-state index in [1.54, 1.807) is 13.0 Å². The Morgan fingerprint density at radius 2 is 1.74 bits per heavy atom. The van der Waals surface area contributed by atoms with Crippen molar-refractivity contribution < 1.29 is 14.3 Å². The van der Waals surface area contributed by atoms with Crippen molar-refractivity contribution in [3.8, 4) is 0 Å². The number of hydrogen-bond donors (Lipinski definition) is 0. The minimum Gasteiger partial charge on any atom is -0.462 e. The molecule has 3 nitrogen and oxygen atoms in total. The van der Waals surface area contributed by atoms with Crippen LogP contribution in [0.4, 0.5) is 0 Å². The Balaban J connectivity index is 2.50. The third-order valence-electron chi connectivity index (χ3n) is 4.95. The van der Waals surface area contributed by atoms with E-state index in [-0.39, 0.29) is 17.3 Å². The van der Waals surface area contributed by atoms with Gasteiger partial charge in [-0.25, -0.2) is 4.79 Å². The zero-order valence-electron chi connectivity index (χ0n) is 12.3. The van der Waals surface area contributed by atoms with Crippen LogP contribution in [-0.2, 0) is 14.3 Å². The van der Waals surface area contributed by atoms with Gasteiger partial charge in [0.25, 0.3) is 0 Å². The number of esters is 1. The summed E-state index contributed by atoms with van der Waals surface area (Å²) in [5.74, 6) is 0.871. The first-order chi connectivity index (χ1) is 8.90. The molecule has 0 spiro atoms. The predicted molar refractivity (Wildman–Crippen MR) is 73.4 cm³/mol. The molecule has 3 heteroatoms. The molecule has 0 bridgehead atoms. The first-order valence-electron chi connectivity index (χ1n) is 7.07. The number of ether oxygens (including phenoxy) is 1. The number of rotatable bonds is 2. The van der Waals surface area contributed by atoms with Gasteiger partial charge in [-0.3, -0.25) is 4.79 Å². The minimum absolute atomic E-state index is 0.177. The summed E-state index contributed by atoms with van der Waals surface area (Å²) in [5.41, 5.74) is 2.25. The first-order valence-corrected chi connectivity index (χ1v) is 7.07. The van der Waals surface area contributed by atoms with Crippen LogP contribution in [-0.4, -0.2) is 18.4 Å². The summed E-state index contributed by atoms with van der Waals surface area (Å²) < 4.78 is 5.04. The van der Waals surface area contributed by atoms with Gasteiger partial charge in [0.1, 0.15) is 5.57 Å². The molecule has 0 radical (unpaired) electrons. The molecule has 2 rings (SSSR count). The third kappa shape index (κ3) is 2.05. The second kappa shape index (κ2) is 4.95. The molecule has 0 amide bonds. The van der Waals surface area contributed by atoms with E-state index in [2.05, 4.69) is 27.7 Å². The molecule has 1 saturated carbocycles. The second-order valence-corrected chi connectivity index (χ2v) is 5.77. The molecule has 0 saturated heterocycles. The van der Waals surface area contributed by atoms with Crippen LogP contribution >= 0.6 is 0 Å². The highest BCUT2D eigenvalue weighted by atomic mass is 16.5. The number of hydrogen-bond acceptors (Lipinski definition) is 3. The van der Waals surface area contributed by atoms with Gasteiger partial charge in [0.15, 0.2) is 5.78 Å². The molecular weight excluding hydrogens is 240 g/mol. The first kappa shape index (κ1) is 14.0. The normalized spacial score (nSPS) is 34.2. The largest absolute Gasteiger partial charge is 0.462 e. The van der Waals surface area contributed by atoms with E-state index in [1.165, 1.54) is 0 Å². The maximum Gasteiger partial charge on any atom is 0.342 e. The lowest BCUT2D eigenvalue weighted by atomic mass is 9.64. The van der Waals surface area contributed by atoms with Crippen molar-refractivity contribution in [2.75, 3.05) is 6.61 Å². The Bertz CT molecular complexity index is 484. The Morgan fingerprint density at radius 3 is 2.32 bits per heavy atom. The minimum atomic E-state index is -0.463. The molecule has 0 aromatic carbocycles. The predicted octanol–water partition coefficient (Wildman–Crippen LogP) is 2.91. The van der Waals surface area contributed by atoms with Crippen LogP contribution in [0, 0.1) is 23.7 Å². The van der Waals surface area contributed by atoms with Crippen LogP contribution in [0.1, 0.15) is 34.6 Å². The van der Waals surface area contributed by atoms with Crippen molar-refractivity contribution in [3.05, 3.63) is 22.8 Å². The topological polar surface area (TPSA) is 43.4 Å². The number of carbonyl (C=O) groups is 2. The van der Waals surface area contributed by atoms with Crippen molar-refractivity contribution in [2.45, 2.75) is 34.6 Å². The Labute approximate surface area is 114 Å². The van der Waals surface area contributed by atoms with Crippen LogP contribution in [0.3, 0.4) is 0 Å². The fraction of sp³-hybridized carbons (Fsp3) is 0.625. The van der Waals surface area contributed by atoms with Crippen molar-refractivity contribution in [1.82, 2.24) is 0 Å². The number of fused-ring (bicyclic) bond motifs is 1. The third-order valence-corrected chi connectivity index (χ3v) is 4.95. The highest BCUT2D eigenvalue weighted by Crippen LogP contribution is 2.48. The maximum absolute atomic E-state index is 12.1. The van der Waals surface area contributed by atoms with E-state index in [0.717, 1.165) is 11.1 Å². The molecule has 0 unspecified atom stereocenters. The van der Waals surface area contributed by atoms with Crippen LogP contribution < -0.4 is 0 Å². The second-order valence-electron chi connectivity index (χ2n) is 5.77. The summed E-state index contributed by atoms with van der Waals surface area (Å²) in [7, 11) is 0. The van der Waals surface area contributed by atoms with Gasteiger partial charge in [0, 0.05) is 0 Å². The molecular formula is C16H22O3. The number of allylic oxidation sites excluding steroid dienone is 3. The van der Waals surface area contributed by atoms with E-state index in [0.29, 0.717) is 24.4 Å². The van der Waals surface area contributed by atoms with Gasteiger partial charge in [0.2, 0.25) is 0 Å². The molecule has 0 N–H and O–H groups in total. The van der Waals surface area contributed by atoms with Gasteiger partial charge in [-0.1, -0.05) is 27.7 Å². The summed E-state index contributed by atoms with van der Waals surface area (Å²) in [6, 6.07) is 0. The van der Waals surface area contributed by atoms with Crippen molar-refractivity contribution in [1.29, 1.82) is 0 Å². The van der Waals surface area contributed by atoms with E-state index in [4.69, 9.17) is 4.74 Å². The average Bonchev–Trinajstić information content (AvgIpc) is 2.72. The standard InChI is InChI=1S/C16H22O3/c1-6-19-16(18)15-13(17)7-12-10(4)8(2)9(3)11(5)14(12)15/h7-11H,6H2,1-5H3/t8-,9+,10-,11+/m0/s1. The van der Waals surface area contributed by atoms with E-state index >= 15 is 0 Å². The zero-order chi connectivity index (χ0) is 14.3. The van der Waals surface area contributed by atoms with E-state index < -0.39 is 5.97 Å². The molecule has 1 fully saturated rings. The van der Waals surface area contributed by atoms with Gasteiger partial charge >= 0.3 is 5.97 Å². The van der Waals surface area contributed by atoms with Crippen LogP contribution in [0.2, 0.25) is 0 Å². The van der Waals surface area contributed by atoms with E-state index in [9.17, 15) is 9.59 Å². The van der Waals surface area contributed by atoms with Crippen molar-refractivity contribution in [3.63, 3.8) is 0 Å². The fourth-order valence-electron chi connectivity index (χ4n) is 3.31. The SMILES string of the molecule is CCOC(=O)C1=C2C(=CC1=O)[C@@H](C)[C@@H](C)[C@@H](C)[C@H]2C. The molecule has 2 aliphatic carbocycles. The maximum atomic E-state index is 12.1.